The number of thiocarbonyl (C=S) groups is 1. The van der Waals surface area contributed by atoms with Gasteiger partial charge in [-0.1, -0.05) is 0 Å². The van der Waals surface area contributed by atoms with Crippen molar-refractivity contribution >= 4 is 47.4 Å². The van der Waals surface area contributed by atoms with E-state index in [0.29, 0.717) is 54.8 Å². The predicted octanol–water partition coefficient (Wildman–Crippen LogP) is 2.85. The number of amides is 1. The number of methoxy groups -OCH3 is 1. The molecule has 0 spiro atoms. The minimum Gasteiger partial charge on any atom is -0.490 e. The van der Waals surface area contributed by atoms with Crippen LogP contribution in [0.25, 0.3) is 0 Å². The van der Waals surface area contributed by atoms with Gasteiger partial charge in [0, 0.05) is 18.9 Å². The first-order valence-electron chi connectivity index (χ1n) is 9.84. The number of nitrogens with zero attached hydrogens (tertiary/aromatic N) is 3. The number of anilines is 2. The molecule has 162 valence electrons. The zero-order chi connectivity index (χ0) is 21.5. The normalized spacial score (nSPS) is 20.1. The molecule has 4 rings (SSSR count). The van der Waals surface area contributed by atoms with E-state index in [4.69, 9.17) is 21.7 Å². The number of halogens is 1. The third-order valence-electron chi connectivity index (χ3n) is 4.89. The molecule has 1 amide bonds. The van der Waals surface area contributed by atoms with E-state index >= 15 is 0 Å². The standard InChI is InChI=1S/C16H19FN4O3S.C4H6O/c1-23-15(25)5-3-12-9-21(16(22)24-12)11-2-4-14(13(17)8-11)20-7-6-18-19-10-20;5-3-4-1-2-4/h2,4,8,10,12,18H,3,5-7,9H2,1H3;3-4H,1-2H2/t12-;/m0./s1. The number of hydrogen-bond acceptors (Lipinski definition) is 8. The highest BCUT2D eigenvalue weighted by Gasteiger charge is 2.32. The molecule has 1 saturated heterocycles. The minimum atomic E-state index is -0.482. The van der Waals surface area contributed by atoms with E-state index in [9.17, 15) is 14.0 Å². The van der Waals surface area contributed by atoms with Crippen molar-refractivity contribution in [1.82, 2.24) is 5.43 Å². The molecule has 1 atom stereocenters. The van der Waals surface area contributed by atoms with Crippen molar-refractivity contribution in [3.63, 3.8) is 0 Å². The van der Waals surface area contributed by atoms with Gasteiger partial charge in [-0.2, -0.15) is 5.10 Å². The lowest BCUT2D eigenvalue weighted by Gasteiger charge is -2.24. The van der Waals surface area contributed by atoms with Crippen LogP contribution in [0.5, 0.6) is 0 Å². The van der Waals surface area contributed by atoms with Gasteiger partial charge in [0.1, 0.15) is 24.5 Å². The van der Waals surface area contributed by atoms with Gasteiger partial charge in [-0.15, -0.1) is 0 Å². The van der Waals surface area contributed by atoms with Crippen molar-refractivity contribution in [3.05, 3.63) is 24.0 Å². The van der Waals surface area contributed by atoms with E-state index in [0.717, 1.165) is 19.1 Å². The number of benzene rings is 1. The Kier molecular flexibility index (Phi) is 7.56. The van der Waals surface area contributed by atoms with E-state index < -0.39 is 11.9 Å². The quantitative estimate of drug-likeness (QED) is 0.542. The summed E-state index contributed by atoms with van der Waals surface area (Å²) >= 11 is 4.99. The number of hydrazone groups is 1. The van der Waals surface area contributed by atoms with Gasteiger partial charge in [0.2, 0.25) is 0 Å². The monoisotopic (exact) mass is 436 g/mol. The van der Waals surface area contributed by atoms with Crippen LogP contribution in [0, 0.1) is 11.7 Å². The number of cyclic esters (lactones) is 1. The van der Waals surface area contributed by atoms with Crippen LogP contribution in [0.4, 0.5) is 20.6 Å². The SMILES string of the molecule is COC(=S)CC[C@H]1CN(c2ccc(N3C=NNCC3)c(F)c2)C(=O)O1.O=CC1CC1. The molecule has 1 saturated carbocycles. The van der Waals surface area contributed by atoms with Crippen molar-refractivity contribution in [1.29, 1.82) is 0 Å². The van der Waals surface area contributed by atoms with E-state index in [1.54, 1.807) is 23.4 Å². The number of ether oxygens (including phenoxy) is 2. The molecule has 0 bridgehead atoms. The Balaban J connectivity index is 0.000000448. The van der Waals surface area contributed by atoms with Gasteiger partial charge in [0.25, 0.3) is 0 Å². The third kappa shape index (κ3) is 5.88. The molecule has 2 aliphatic heterocycles. The molecule has 0 radical (unpaired) electrons. The van der Waals surface area contributed by atoms with Crippen LogP contribution in [0.2, 0.25) is 0 Å². The Morgan fingerprint density at radius 2 is 2.27 bits per heavy atom. The van der Waals surface area contributed by atoms with Crippen molar-refractivity contribution < 1.29 is 23.5 Å². The predicted molar refractivity (Wildman–Crippen MR) is 115 cm³/mol. The Hall–Kier alpha value is -2.75. The second-order valence-electron chi connectivity index (χ2n) is 7.19. The van der Waals surface area contributed by atoms with Gasteiger partial charge in [-0.3, -0.25) is 4.90 Å². The number of aldehydes is 1. The maximum atomic E-state index is 14.5. The smallest absolute Gasteiger partial charge is 0.414 e. The van der Waals surface area contributed by atoms with Crippen LogP contribution in [0.15, 0.2) is 23.3 Å². The first kappa shape index (κ1) is 21.9. The van der Waals surface area contributed by atoms with Crippen molar-refractivity contribution in [2.45, 2.75) is 31.8 Å². The highest BCUT2D eigenvalue weighted by Crippen LogP contribution is 2.28. The summed E-state index contributed by atoms with van der Waals surface area (Å²) in [6.45, 7) is 1.62. The minimum absolute atomic E-state index is 0.288. The number of carbonyl (C=O) groups is 2. The summed E-state index contributed by atoms with van der Waals surface area (Å²) in [4.78, 5) is 24.8. The largest absolute Gasteiger partial charge is 0.490 e. The number of rotatable bonds is 6. The first-order valence-corrected chi connectivity index (χ1v) is 10.2. The topological polar surface area (TPSA) is 83.5 Å². The summed E-state index contributed by atoms with van der Waals surface area (Å²) < 4.78 is 24.7. The van der Waals surface area contributed by atoms with E-state index in [2.05, 4.69) is 10.5 Å². The fourth-order valence-electron chi connectivity index (χ4n) is 2.98. The Morgan fingerprint density at radius 1 is 1.47 bits per heavy atom. The summed E-state index contributed by atoms with van der Waals surface area (Å²) in [6.07, 6.45) is 5.20. The van der Waals surface area contributed by atoms with Gasteiger partial charge < -0.3 is 24.6 Å². The molecule has 0 unspecified atom stereocenters. The average molecular weight is 437 g/mol. The molecule has 0 aromatic heterocycles. The molecule has 2 fully saturated rings. The highest BCUT2D eigenvalue weighted by molar-refractivity contribution is 7.80. The Bertz CT molecular complexity index is 818. The third-order valence-corrected chi connectivity index (χ3v) is 5.26. The molecular formula is C20H25FN4O4S. The van der Waals surface area contributed by atoms with Crippen molar-refractivity contribution in [2.75, 3.05) is 36.5 Å². The van der Waals surface area contributed by atoms with Gasteiger partial charge in [0.15, 0.2) is 5.05 Å². The van der Waals surface area contributed by atoms with Crippen LogP contribution in [0.1, 0.15) is 25.7 Å². The van der Waals surface area contributed by atoms with Crippen molar-refractivity contribution in [3.8, 4) is 0 Å². The Morgan fingerprint density at radius 3 is 2.83 bits per heavy atom. The number of nitrogens with one attached hydrogen (secondary N) is 1. The molecule has 1 aromatic carbocycles. The molecule has 30 heavy (non-hydrogen) atoms. The fourth-order valence-corrected chi connectivity index (χ4v) is 3.10. The molecule has 3 aliphatic rings. The van der Waals surface area contributed by atoms with Gasteiger partial charge in [0.05, 0.1) is 31.6 Å². The molecule has 1 aromatic rings. The zero-order valence-electron chi connectivity index (χ0n) is 16.8. The lowest BCUT2D eigenvalue weighted by molar-refractivity contribution is -0.108. The second kappa shape index (κ2) is 10.3. The molecule has 1 N–H and O–H groups in total. The fraction of sp³-hybridized carbons (Fsp3) is 0.500. The maximum absolute atomic E-state index is 14.5. The number of hydrogen-bond donors (Lipinski definition) is 1. The lowest BCUT2D eigenvalue weighted by atomic mass is 10.2. The molecule has 2 heterocycles. The summed E-state index contributed by atoms with van der Waals surface area (Å²) in [6, 6.07) is 4.69. The van der Waals surface area contributed by atoms with Crippen LogP contribution >= 0.6 is 12.2 Å². The second-order valence-corrected chi connectivity index (χ2v) is 7.64. The molecule has 1 aliphatic carbocycles. The molecule has 8 nitrogen and oxygen atoms in total. The summed E-state index contributed by atoms with van der Waals surface area (Å²) in [5.41, 5.74) is 3.70. The highest BCUT2D eigenvalue weighted by atomic mass is 32.1. The van der Waals surface area contributed by atoms with Crippen LogP contribution in [-0.4, -0.2) is 56.6 Å². The first-order chi connectivity index (χ1) is 14.5. The zero-order valence-corrected chi connectivity index (χ0v) is 17.6. The number of carbonyl (C=O) groups excluding carboxylic acids is 2. The summed E-state index contributed by atoms with van der Waals surface area (Å²) in [7, 11) is 1.52. The summed E-state index contributed by atoms with van der Waals surface area (Å²) in [5, 5.41) is 4.39. The van der Waals surface area contributed by atoms with Crippen LogP contribution in [-0.2, 0) is 14.3 Å². The molecule has 10 heteroatoms. The van der Waals surface area contributed by atoms with E-state index in [1.807, 2.05) is 0 Å². The van der Waals surface area contributed by atoms with Gasteiger partial charge >= 0.3 is 6.09 Å². The van der Waals surface area contributed by atoms with Gasteiger partial charge in [-0.05, 0) is 49.7 Å². The van der Waals surface area contributed by atoms with E-state index in [-0.39, 0.29) is 6.10 Å². The van der Waals surface area contributed by atoms with E-state index in [1.165, 1.54) is 18.1 Å². The van der Waals surface area contributed by atoms with Crippen LogP contribution in [0.3, 0.4) is 0 Å². The Labute approximate surface area is 180 Å². The lowest BCUT2D eigenvalue weighted by Crippen LogP contribution is -2.35. The average Bonchev–Trinajstić information content (AvgIpc) is 3.54. The van der Waals surface area contributed by atoms with Gasteiger partial charge in [-0.25, -0.2) is 9.18 Å². The summed E-state index contributed by atoms with van der Waals surface area (Å²) in [5.74, 6) is 0.0395. The van der Waals surface area contributed by atoms with Crippen molar-refractivity contribution in [2.24, 2.45) is 11.0 Å². The molecular weight excluding hydrogens is 411 g/mol. The maximum Gasteiger partial charge on any atom is 0.414 e. The van der Waals surface area contributed by atoms with Crippen LogP contribution < -0.4 is 15.2 Å².